The minimum Gasteiger partial charge on any atom is -0.384 e. The first-order valence-electron chi connectivity index (χ1n) is 5.27. The Labute approximate surface area is 99.1 Å². The first-order chi connectivity index (χ1) is 8.25. The molecule has 86 valence electrons. The molecule has 2 aromatic rings. The molecule has 1 heterocycles. The third-order valence-corrected chi connectivity index (χ3v) is 2.37. The lowest BCUT2D eigenvalue weighted by atomic mass is 10.1. The van der Waals surface area contributed by atoms with Crippen LogP contribution in [0.3, 0.4) is 0 Å². The highest BCUT2D eigenvalue weighted by atomic mass is 19.1. The van der Waals surface area contributed by atoms with E-state index in [4.69, 9.17) is 0 Å². The minimum absolute atomic E-state index is 0.308. The van der Waals surface area contributed by atoms with E-state index in [0.29, 0.717) is 5.56 Å². The number of aliphatic hydroxyl groups excluding tert-OH is 1. The van der Waals surface area contributed by atoms with Gasteiger partial charge in [-0.2, -0.15) is 0 Å². The summed E-state index contributed by atoms with van der Waals surface area (Å²) in [5, 5.41) is 9.84. The Morgan fingerprint density at radius 3 is 2.59 bits per heavy atom. The maximum absolute atomic E-state index is 12.7. The van der Waals surface area contributed by atoms with Crippen LogP contribution in [0, 0.1) is 5.82 Å². The first kappa shape index (κ1) is 11.5. The lowest BCUT2D eigenvalue weighted by molar-refractivity contribution is 0.229. The van der Waals surface area contributed by atoms with Gasteiger partial charge in [0.15, 0.2) is 0 Å². The van der Waals surface area contributed by atoms with Crippen molar-refractivity contribution in [1.29, 1.82) is 0 Å². The molecular formula is C14H12FNO. The van der Waals surface area contributed by atoms with E-state index in [0.717, 1.165) is 5.56 Å². The number of halogens is 1. The molecule has 0 bridgehead atoms. The van der Waals surface area contributed by atoms with Crippen LogP contribution in [0.15, 0.2) is 54.9 Å². The summed E-state index contributed by atoms with van der Waals surface area (Å²) in [5.74, 6) is -0.308. The fourth-order valence-corrected chi connectivity index (χ4v) is 1.45. The van der Waals surface area contributed by atoms with Gasteiger partial charge in [0.1, 0.15) is 5.82 Å². The van der Waals surface area contributed by atoms with E-state index < -0.39 is 6.10 Å². The Morgan fingerprint density at radius 1 is 1.18 bits per heavy atom. The molecule has 1 aromatic heterocycles. The van der Waals surface area contributed by atoms with E-state index in [1.807, 2.05) is 12.1 Å². The van der Waals surface area contributed by atoms with Crippen LogP contribution in [0.4, 0.5) is 4.39 Å². The molecular weight excluding hydrogens is 217 g/mol. The zero-order valence-corrected chi connectivity index (χ0v) is 9.12. The monoisotopic (exact) mass is 229 g/mol. The fourth-order valence-electron chi connectivity index (χ4n) is 1.45. The molecule has 0 saturated carbocycles. The van der Waals surface area contributed by atoms with E-state index in [1.54, 1.807) is 36.7 Å². The molecule has 0 aliphatic carbocycles. The van der Waals surface area contributed by atoms with Gasteiger partial charge in [-0.1, -0.05) is 30.4 Å². The standard InChI is InChI=1S/C14H12FNO/c15-13-6-4-12(5-7-13)14(17)8-3-11-2-1-9-16-10-11/h1-10,14,17H. The van der Waals surface area contributed by atoms with E-state index in [9.17, 15) is 9.50 Å². The Bertz CT molecular complexity index is 493. The predicted octanol–water partition coefficient (Wildman–Crippen LogP) is 2.97. The number of nitrogens with zero attached hydrogens (tertiary/aromatic N) is 1. The summed E-state index contributed by atoms with van der Waals surface area (Å²) in [6.07, 6.45) is 6.07. The smallest absolute Gasteiger partial charge is 0.123 e. The van der Waals surface area contributed by atoms with Crippen LogP contribution in [0.2, 0.25) is 0 Å². The molecule has 2 nitrogen and oxygen atoms in total. The third-order valence-electron chi connectivity index (χ3n) is 2.37. The number of hydrogen-bond acceptors (Lipinski definition) is 2. The van der Waals surface area contributed by atoms with Gasteiger partial charge in [0.2, 0.25) is 0 Å². The van der Waals surface area contributed by atoms with Crippen molar-refractivity contribution in [3.63, 3.8) is 0 Å². The average molecular weight is 229 g/mol. The van der Waals surface area contributed by atoms with Gasteiger partial charge in [-0.15, -0.1) is 0 Å². The van der Waals surface area contributed by atoms with E-state index in [-0.39, 0.29) is 5.82 Å². The summed E-state index contributed by atoms with van der Waals surface area (Å²) in [5.41, 5.74) is 1.57. The first-order valence-corrected chi connectivity index (χ1v) is 5.27. The highest BCUT2D eigenvalue weighted by Gasteiger charge is 2.02. The Hall–Kier alpha value is -2.00. The maximum atomic E-state index is 12.7. The number of benzene rings is 1. The molecule has 1 unspecified atom stereocenters. The van der Waals surface area contributed by atoms with Crippen molar-refractivity contribution in [2.75, 3.05) is 0 Å². The highest BCUT2D eigenvalue weighted by molar-refractivity contribution is 5.48. The van der Waals surface area contributed by atoms with Crippen LogP contribution < -0.4 is 0 Å². The maximum Gasteiger partial charge on any atom is 0.123 e. The topological polar surface area (TPSA) is 33.1 Å². The lowest BCUT2D eigenvalue weighted by Gasteiger charge is -2.05. The van der Waals surface area contributed by atoms with Crippen molar-refractivity contribution in [2.45, 2.75) is 6.10 Å². The van der Waals surface area contributed by atoms with E-state index >= 15 is 0 Å². The van der Waals surface area contributed by atoms with Crippen molar-refractivity contribution in [2.24, 2.45) is 0 Å². The minimum atomic E-state index is -0.740. The normalized spacial score (nSPS) is 12.8. The molecule has 0 amide bonds. The van der Waals surface area contributed by atoms with Gasteiger partial charge in [-0.25, -0.2) is 4.39 Å². The van der Waals surface area contributed by atoms with Gasteiger partial charge in [0.25, 0.3) is 0 Å². The van der Waals surface area contributed by atoms with Gasteiger partial charge in [0, 0.05) is 12.4 Å². The Kier molecular flexibility index (Phi) is 3.62. The molecule has 0 fully saturated rings. The summed E-state index contributed by atoms with van der Waals surface area (Å²) in [6.45, 7) is 0. The number of pyridine rings is 1. The molecule has 0 aliphatic heterocycles. The zero-order valence-electron chi connectivity index (χ0n) is 9.12. The van der Waals surface area contributed by atoms with Crippen molar-refractivity contribution in [1.82, 2.24) is 4.98 Å². The quantitative estimate of drug-likeness (QED) is 0.877. The highest BCUT2D eigenvalue weighted by Crippen LogP contribution is 2.15. The fraction of sp³-hybridized carbons (Fsp3) is 0.0714. The summed E-state index contributed by atoms with van der Waals surface area (Å²) in [4.78, 5) is 3.96. The third kappa shape index (κ3) is 3.23. The van der Waals surface area contributed by atoms with Gasteiger partial charge < -0.3 is 5.11 Å². The SMILES string of the molecule is OC(C=Cc1cccnc1)c1ccc(F)cc1. The number of aromatic nitrogens is 1. The van der Waals surface area contributed by atoms with E-state index in [1.165, 1.54) is 12.1 Å². The van der Waals surface area contributed by atoms with Gasteiger partial charge in [-0.05, 0) is 29.3 Å². The average Bonchev–Trinajstić information content (AvgIpc) is 2.38. The molecule has 0 radical (unpaired) electrons. The molecule has 3 heteroatoms. The Balaban J connectivity index is 2.09. The number of hydrogen-bond donors (Lipinski definition) is 1. The largest absolute Gasteiger partial charge is 0.384 e. The number of rotatable bonds is 3. The van der Waals surface area contributed by atoms with Crippen LogP contribution >= 0.6 is 0 Å². The predicted molar refractivity (Wildman–Crippen MR) is 64.6 cm³/mol. The van der Waals surface area contributed by atoms with Gasteiger partial charge >= 0.3 is 0 Å². The summed E-state index contributed by atoms with van der Waals surface area (Å²) in [6, 6.07) is 9.50. The molecule has 0 spiro atoms. The lowest BCUT2D eigenvalue weighted by Crippen LogP contribution is -1.92. The van der Waals surface area contributed by atoms with Crippen LogP contribution in [-0.2, 0) is 0 Å². The summed E-state index contributed by atoms with van der Waals surface area (Å²) >= 11 is 0. The second-order valence-electron chi connectivity index (χ2n) is 3.64. The van der Waals surface area contributed by atoms with Gasteiger partial charge in [-0.3, -0.25) is 4.98 Å². The van der Waals surface area contributed by atoms with E-state index in [2.05, 4.69) is 4.98 Å². The van der Waals surface area contributed by atoms with Crippen LogP contribution in [0.5, 0.6) is 0 Å². The summed E-state index contributed by atoms with van der Waals surface area (Å²) in [7, 11) is 0. The molecule has 2 rings (SSSR count). The molecule has 17 heavy (non-hydrogen) atoms. The van der Waals surface area contributed by atoms with Crippen molar-refractivity contribution >= 4 is 6.08 Å². The molecule has 1 atom stereocenters. The molecule has 1 aromatic carbocycles. The van der Waals surface area contributed by atoms with Crippen molar-refractivity contribution in [3.05, 3.63) is 71.8 Å². The molecule has 0 saturated heterocycles. The Morgan fingerprint density at radius 2 is 1.94 bits per heavy atom. The number of aliphatic hydroxyl groups is 1. The second kappa shape index (κ2) is 5.37. The van der Waals surface area contributed by atoms with Crippen LogP contribution in [0.1, 0.15) is 17.2 Å². The van der Waals surface area contributed by atoms with Crippen LogP contribution in [0.25, 0.3) is 6.08 Å². The van der Waals surface area contributed by atoms with Crippen molar-refractivity contribution in [3.8, 4) is 0 Å². The molecule has 1 N–H and O–H groups in total. The van der Waals surface area contributed by atoms with Gasteiger partial charge in [0.05, 0.1) is 6.10 Å². The zero-order chi connectivity index (χ0) is 12.1. The molecule has 0 aliphatic rings. The second-order valence-corrected chi connectivity index (χ2v) is 3.64. The van der Waals surface area contributed by atoms with Crippen LogP contribution in [-0.4, -0.2) is 10.1 Å². The van der Waals surface area contributed by atoms with Crippen molar-refractivity contribution < 1.29 is 9.50 Å². The summed E-state index contributed by atoms with van der Waals surface area (Å²) < 4.78 is 12.7.